The Kier molecular flexibility index (Phi) is 4.73. The summed E-state index contributed by atoms with van der Waals surface area (Å²) >= 11 is 1.22. The van der Waals surface area contributed by atoms with E-state index < -0.39 is 11.9 Å². The Morgan fingerprint density at radius 1 is 1.33 bits per heavy atom. The molecule has 0 saturated heterocycles. The lowest BCUT2D eigenvalue weighted by molar-refractivity contribution is -0.111. The third kappa shape index (κ3) is 3.93. The van der Waals surface area contributed by atoms with Crippen LogP contribution in [-0.2, 0) is 4.79 Å². The van der Waals surface area contributed by atoms with Crippen LogP contribution in [0, 0.1) is 0 Å². The molecule has 108 valence electrons. The van der Waals surface area contributed by atoms with Crippen LogP contribution in [0.25, 0.3) is 6.08 Å². The molecular weight excluding hydrogens is 290 g/mol. The van der Waals surface area contributed by atoms with Crippen LogP contribution in [0.2, 0.25) is 0 Å². The zero-order valence-electron chi connectivity index (χ0n) is 11.2. The van der Waals surface area contributed by atoms with E-state index in [4.69, 9.17) is 9.84 Å². The van der Waals surface area contributed by atoms with Crippen molar-refractivity contribution in [2.24, 2.45) is 0 Å². The monoisotopic (exact) mass is 303 g/mol. The molecule has 0 fully saturated rings. The lowest BCUT2D eigenvalue weighted by Crippen LogP contribution is -2.10. The number of rotatable bonds is 5. The van der Waals surface area contributed by atoms with Crippen LogP contribution >= 0.6 is 11.3 Å². The molecule has 0 unspecified atom stereocenters. The minimum absolute atomic E-state index is 0.0862. The number of nitrogens with one attached hydrogen (secondary N) is 1. The van der Waals surface area contributed by atoms with Gasteiger partial charge in [-0.05, 0) is 23.8 Å². The van der Waals surface area contributed by atoms with E-state index >= 15 is 0 Å². The number of amides is 1. The summed E-state index contributed by atoms with van der Waals surface area (Å²) in [7, 11) is 1.57. The van der Waals surface area contributed by atoms with Gasteiger partial charge in [-0.2, -0.15) is 0 Å². The van der Waals surface area contributed by atoms with Gasteiger partial charge < -0.3 is 15.2 Å². The minimum atomic E-state index is -1.07. The summed E-state index contributed by atoms with van der Waals surface area (Å²) in [6, 6.07) is 7.25. The number of anilines is 1. The maximum absolute atomic E-state index is 11.8. The second-order valence-electron chi connectivity index (χ2n) is 4.10. The fraction of sp³-hybridized carbons (Fsp3) is 0.0667. The zero-order valence-corrected chi connectivity index (χ0v) is 12.0. The molecule has 0 radical (unpaired) electrons. The van der Waals surface area contributed by atoms with Crippen LogP contribution in [0.4, 0.5) is 5.69 Å². The molecule has 0 atom stereocenters. The van der Waals surface area contributed by atoms with Gasteiger partial charge in [-0.1, -0.05) is 12.1 Å². The van der Waals surface area contributed by atoms with Crippen molar-refractivity contribution >= 4 is 35.0 Å². The lowest BCUT2D eigenvalue weighted by Gasteiger charge is -2.02. The first-order chi connectivity index (χ1) is 10.1. The molecule has 1 heterocycles. The summed E-state index contributed by atoms with van der Waals surface area (Å²) in [5, 5.41) is 14.6. The molecule has 0 aliphatic rings. The second kappa shape index (κ2) is 6.71. The quantitative estimate of drug-likeness (QED) is 0.832. The van der Waals surface area contributed by atoms with Crippen LogP contribution in [0.3, 0.4) is 0 Å². The van der Waals surface area contributed by atoms with Crippen LogP contribution < -0.4 is 10.1 Å². The van der Waals surface area contributed by atoms with Crippen molar-refractivity contribution in [2.45, 2.75) is 0 Å². The maximum atomic E-state index is 11.8. The number of hydrogen-bond acceptors (Lipinski definition) is 4. The average molecular weight is 303 g/mol. The van der Waals surface area contributed by atoms with Crippen LogP contribution in [-0.4, -0.2) is 24.1 Å². The van der Waals surface area contributed by atoms with Crippen molar-refractivity contribution in [3.8, 4) is 5.75 Å². The van der Waals surface area contributed by atoms with E-state index in [2.05, 4.69) is 5.32 Å². The summed E-state index contributed by atoms with van der Waals surface area (Å²) < 4.78 is 5.09. The molecule has 0 spiro atoms. The number of carboxylic acid groups (broad SMARTS) is 1. The van der Waals surface area contributed by atoms with Gasteiger partial charge in [0.25, 0.3) is 0 Å². The molecule has 2 rings (SSSR count). The van der Waals surface area contributed by atoms with E-state index in [1.807, 2.05) is 18.2 Å². The molecule has 6 heteroatoms. The van der Waals surface area contributed by atoms with E-state index in [0.717, 1.165) is 5.56 Å². The Morgan fingerprint density at radius 2 is 2.14 bits per heavy atom. The largest absolute Gasteiger partial charge is 0.497 e. The number of carbonyl (C=O) groups is 2. The predicted molar refractivity (Wildman–Crippen MR) is 81.9 cm³/mol. The van der Waals surface area contributed by atoms with E-state index in [1.165, 1.54) is 22.8 Å². The van der Waals surface area contributed by atoms with Crippen LogP contribution in [0.1, 0.15) is 15.9 Å². The minimum Gasteiger partial charge on any atom is -0.497 e. The first-order valence-corrected chi connectivity index (χ1v) is 6.97. The second-order valence-corrected chi connectivity index (χ2v) is 4.85. The fourth-order valence-corrected chi connectivity index (χ4v) is 2.40. The van der Waals surface area contributed by atoms with Gasteiger partial charge in [-0.3, -0.25) is 4.79 Å². The van der Waals surface area contributed by atoms with Gasteiger partial charge in [0.15, 0.2) is 0 Å². The summed E-state index contributed by atoms with van der Waals surface area (Å²) in [6.07, 6.45) is 2.97. The van der Waals surface area contributed by atoms with Crippen LogP contribution in [0.5, 0.6) is 5.75 Å². The third-order valence-electron chi connectivity index (χ3n) is 2.67. The van der Waals surface area contributed by atoms with E-state index in [-0.39, 0.29) is 5.56 Å². The molecule has 0 saturated carbocycles. The summed E-state index contributed by atoms with van der Waals surface area (Å²) in [4.78, 5) is 22.7. The van der Waals surface area contributed by atoms with Crippen molar-refractivity contribution in [3.63, 3.8) is 0 Å². The smallest absolute Gasteiger partial charge is 0.338 e. The zero-order chi connectivity index (χ0) is 15.2. The average Bonchev–Trinajstić information content (AvgIpc) is 2.93. The van der Waals surface area contributed by atoms with Crippen molar-refractivity contribution in [1.29, 1.82) is 0 Å². The topological polar surface area (TPSA) is 75.6 Å². The van der Waals surface area contributed by atoms with Crippen molar-refractivity contribution in [3.05, 3.63) is 52.2 Å². The molecule has 1 amide bonds. The number of aromatic carboxylic acids is 1. The standard InChI is InChI=1S/C15H13NO4S/c1-20-11-4-2-3-10(7-11)5-6-14(17)16-13-9-21-8-12(13)15(18)19/h2-9H,1H3,(H,16,17)(H,18,19)/b6-5+. The van der Waals surface area contributed by atoms with Crippen LogP contribution in [0.15, 0.2) is 41.1 Å². The molecule has 1 aromatic carbocycles. The summed E-state index contributed by atoms with van der Waals surface area (Å²) in [5.41, 5.74) is 1.20. The molecule has 2 aromatic rings. The molecule has 1 aromatic heterocycles. The highest BCUT2D eigenvalue weighted by atomic mass is 32.1. The van der Waals surface area contributed by atoms with Crippen molar-refractivity contribution < 1.29 is 19.4 Å². The molecule has 0 aliphatic carbocycles. The molecule has 0 bridgehead atoms. The fourth-order valence-electron chi connectivity index (χ4n) is 1.65. The highest BCUT2D eigenvalue weighted by Crippen LogP contribution is 2.21. The first-order valence-electron chi connectivity index (χ1n) is 6.03. The van der Waals surface area contributed by atoms with Gasteiger partial charge in [0.2, 0.25) is 5.91 Å². The number of ether oxygens (including phenoxy) is 1. The normalized spacial score (nSPS) is 10.5. The Morgan fingerprint density at radius 3 is 2.86 bits per heavy atom. The van der Waals surface area contributed by atoms with Crippen molar-refractivity contribution in [1.82, 2.24) is 0 Å². The van der Waals surface area contributed by atoms with Gasteiger partial charge in [-0.15, -0.1) is 11.3 Å². The van der Waals surface area contributed by atoms with Gasteiger partial charge in [-0.25, -0.2) is 4.79 Å². The Bertz CT molecular complexity index is 690. The van der Waals surface area contributed by atoms with E-state index in [0.29, 0.717) is 11.4 Å². The highest BCUT2D eigenvalue weighted by Gasteiger charge is 2.12. The summed E-state index contributed by atoms with van der Waals surface area (Å²) in [6.45, 7) is 0. The molecule has 21 heavy (non-hydrogen) atoms. The number of methoxy groups -OCH3 is 1. The Labute approximate surface area is 125 Å². The highest BCUT2D eigenvalue weighted by molar-refractivity contribution is 7.08. The number of carbonyl (C=O) groups excluding carboxylic acids is 1. The van der Waals surface area contributed by atoms with Crippen molar-refractivity contribution in [2.75, 3.05) is 12.4 Å². The first kappa shape index (κ1) is 14.8. The number of benzene rings is 1. The molecule has 5 nitrogen and oxygen atoms in total. The van der Waals surface area contributed by atoms with Gasteiger partial charge >= 0.3 is 5.97 Å². The Balaban J connectivity index is 2.05. The summed E-state index contributed by atoms with van der Waals surface area (Å²) in [5.74, 6) is -0.759. The molecule has 2 N–H and O–H groups in total. The van der Waals surface area contributed by atoms with E-state index in [1.54, 1.807) is 24.6 Å². The Hall–Kier alpha value is -2.60. The molecular formula is C15H13NO4S. The maximum Gasteiger partial charge on any atom is 0.338 e. The van der Waals surface area contributed by atoms with E-state index in [9.17, 15) is 9.59 Å². The SMILES string of the molecule is COc1cccc(/C=C/C(=O)Nc2cscc2C(=O)O)c1. The predicted octanol–water partition coefficient (Wildman–Crippen LogP) is 3.11. The van der Waals surface area contributed by atoms with Gasteiger partial charge in [0.05, 0.1) is 18.4 Å². The third-order valence-corrected chi connectivity index (χ3v) is 3.41. The number of carboxylic acids is 1. The number of hydrogen-bond donors (Lipinski definition) is 2. The van der Waals surface area contributed by atoms with Gasteiger partial charge in [0, 0.05) is 16.8 Å². The number of thiophene rings is 1. The van der Waals surface area contributed by atoms with Gasteiger partial charge in [0.1, 0.15) is 5.75 Å². The molecule has 0 aliphatic heterocycles. The lowest BCUT2D eigenvalue weighted by atomic mass is 10.2.